The number of para-hydroxylation sites is 1. The van der Waals surface area contributed by atoms with Crippen molar-refractivity contribution in [3.8, 4) is 21.9 Å². The van der Waals surface area contributed by atoms with Crippen LogP contribution in [-0.4, -0.2) is 19.2 Å². The zero-order valence-corrected chi connectivity index (χ0v) is 15.4. The molecule has 25 heavy (non-hydrogen) atoms. The smallest absolute Gasteiger partial charge is 0.189 e. The van der Waals surface area contributed by atoms with Crippen LogP contribution in [0.15, 0.2) is 54.6 Å². The summed E-state index contributed by atoms with van der Waals surface area (Å²) in [5.74, 6) is 1.66. The Hall–Kier alpha value is -2.57. The van der Waals surface area contributed by atoms with Gasteiger partial charge in [-0.3, -0.25) is 0 Å². The first kappa shape index (κ1) is 15.9. The molecule has 0 saturated carbocycles. The van der Waals surface area contributed by atoms with Crippen molar-refractivity contribution in [2.45, 2.75) is 0 Å². The van der Waals surface area contributed by atoms with E-state index in [2.05, 4.69) is 34.6 Å². The maximum Gasteiger partial charge on any atom is 0.189 e. The molecule has 4 aromatic rings. The van der Waals surface area contributed by atoms with Gasteiger partial charge in [-0.1, -0.05) is 29.5 Å². The molecular weight excluding hydrogens is 352 g/mol. The number of thiazole rings is 1. The molecule has 6 heteroatoms. The summed E-state index contributed by atoms with van der Waals surface area (Å²) < 4.78 is 11.8. The van der Waals surface area contributed by atoms with E-state index in [4.69, 9.17) is 9.47 Å². The minimum Gasteiger partial charge on any atom is -0.497 e. The Bertz CT molecular complexity index is 1020. The molecule has 0 atom stereocenters. The highest BCUT2D eigenvalue weighted by molar-refractivity contribution is 7.23. The van der Waals surface area contributed by atoms with Crippen LogP contribution < -0.4 is 14.8 Å². The van der Waals surface area contributed by atoms with Crippen LogP contribution in [0.5, 0.6) is 11.5 Å². The van der Waals surface area contributed by atoms with E-state index in [-0.39, 0.29) is 0 Å². The third-order valence-electron chi connectivity index (χ3n) is 3.79. The number of rotatable bonds is 5. The summed E-state index contributed by atoms with van der Waals surface area (Å²) in [6, 6.07) is 18.2. The van der Waals surface area contributed by atoms with Gasteiger partial charge in [-0.25, -0.2) is 4.98 Å². The first-order valence-electron chi connectivity index (χ1n) is 7.71. The van der Waals surface area contributed by atoms with Crippen LogP contribution >= 0.6 is 22.7 Å². The number of thiophene rings is 1. The second kappa shape index (κ2) is 6.74. The maximum atomic E-state index is 5.38. The Morgan fingerprint density at radius 1 is 0.920 bits per heavy atom. The number of hydrogen-bond donors (Lipinski definition) is 1. The molecule has 0 unspecified atom stereocenters. The molecule has 0 amide bonds. The number of nitrogens with zero attached hydrogens (tertiary/aromatic N) is 1. The Morgan fingerprint density at radius 3 is 2.64 bits per heavy atom. The fourth-order valence-corrected chi connectivity index (χ4v) is 4.45. The molecule has 0 aliphatic rings. The van der Waals surface area contributed by atoms with Crippen molar-refractivity contribution in [3.63, 3.8) is 0 Å². The van der Waals surface area contributed by atoms with Gasteiger partial charge in [0.1, 0.15) is 17.0 Å². The maximum absolute atomic E-state index is 5.38. The van der Waals surface area contributed by atoms with Crippen LogP contribution in [0.3, 0.4) is 0 Å². The zero-order valence-electron chi connectivity index (χ0n) is 13.8. The number of nitrogens with one attached hydrogen (secondary N) is 1. The van der Waals surface area contributed by atoms with Crippen LogP contribution in [0.25, 0.3) is 20.7 Å². The van der Waals surface area contributed by atoms with Gasteiger partial charge in [0.05, 0.1) is 23.9 Å². The summed E-state index contributed by atoms with van der Waals surface area (Å²) in [6.07, 6.45) is 0. The van der Waals surface area contributed by atoms with Crippen molar-refractivity contribution in [1.82, 2.24) is 4.98 Å². The second-order valence-electron chi connectivity index (χ2n) is 5.35. The number of aromatic nitrogens is 1. The SMILES string of the molecule is COc1cccc(-c2ccc(Nc3nc4c(OC)cccc4s3)s2)c1. The largest absolute Gasteiger partial charge is 0.497 e. The van der Waals surface area contributed by atoms with Crippen LogP contribution in [0.2, 0.25) is 0 Å². The molecule has 2 aromatic heterocycles. The second-order valence-corrected chi connectivity index (χ2v) is 7.46. The van der Waals surface area contributed by atoms with Gasteiger partial charge in [0.25, 0.3) is 0 Å². The summed E-state index contributed by atoms with van der Waals surface area (Å²) in [5, 5.41) is 5.31. The van der Waals surface area contributed by atoms with Gasteiger partial charge in [0.15, 0.2) is 5.13 Å². The minimum atomic E-state index is 0.796. The normalized spacial score (nSPS) is 10.8. The molecule has 0 fully saturated rings. The molecule has 126 valence electrons. The molecular formula is C19H16N2O2S2. The Balaban J connectivity index is 1.61. The fraction of sp³-hybridized carbons (Fsp3) is 0.105. The lowest BCUT2D eigenvalue weighted by Crippen LogP contribution is -1.86. The third kappa shape index (κ3) is 3.18. The van der Waals surface area contributed by atoms with Gasteiger partial charge in [-0.15, -0.1) is 11.3 Å². The highest BCUT2D eigenvalue weighted by Crippen LogP contribution is 2.37. The first-order chi connectivity index (χ1) is 12.3. The van der Waals surface area contributed by atoms with E-state index in [1.54, 1.807) is 36.9 Å². The van der Waals surface area contributed by atoms with Crippen LogP contribution in [0, 0.1) is 0 Å². The summed E-state index contributed by atoms with van der Waals surface area (Å²) >= 11 is 3.31. The number of ether oxygens (including phenoxy) is 2. The molecule has 4 nitrogen and oxygen atoms in total. The van der Waals surface area contributed by atoms with E-state index in [1.165, 1.54) is 4.88 Å². The van der Waals surface area contributed by atoms with Crippen molar-refractivity contribution >= 4 is 43.0 Å². The quantitative estimate of drug-likeness (QED) is 0.484. The average Bonchev–Trinajstić information content (AvgIpc) is 3.28. The van der Waals surface area contributed by atoms with Gasteiger partial charge in [-0.05, 0) is 42.0 Å². The highest BCUT2D eigenvalue weighted by atomic mass is 32.1. The zero-order chi connectivity index (χ0) is 17.2. The van der Waals surface area contributed by atoms with Gasteiger partial charge in [-0.2, -0.15) is 0 Å². The van der Waals surface area contributed by atoms with Crippen molar-refractivity contribution in [2.75, 3.05) is 19.5 Å². The predicted molar refractivity (Wildman–Crippen MR) is 106 cm³/mol. The fourth-order valence-electron chi connectivity index (χ4n) is 2.58. The molecule has 2 aromatic carbocycles. The third-order valence-corrected chi connectivity index (χ3v) is 5.78. The lowest BCUT2D eigenvalue weighted by atomic mass is 10.2. The Morgan fingerprint density at radius 2 is 1.80 bits per heavy atom. The highest BCUT2D eigenvalue weighted by Gasteiger charge is 2.10. The first-order valence-corrected chi connectivity index (χ1v) is 9.35. The Labute approximate surface area is 153 Å². The van der Waals surface area contributed by atoms with Crippen LogP contribution in [0.4, 0.5) is 10.1 Å². The lowest BCUT2D eigenvalue weighted by molar-refractivity contribution is 0.415. The number of hydrogen-bond acceptors (Lipinski definition) is 6. The van der Waals surface area contributed by atoms with Crippen molar-refractivity contribution in [1.29, 1.82) is 0 Å². The molecule has 1 N–H and O–H groups in total. The molecule has 2 heterocycles. The number of anilines is 2. The van der Waals surface area contributed by atoms with E-state index in [0.29, 0.717) is 0 Å². The van der Waals surface area contributed by atoms with E-state index in [0.717, 1.165) is 37.4 Å². The number of fused-ring (bicyclic) bond motifs is 1. The summed E-state index contributed by atoms with van der Waals surface area (Å²) in [7, 11) is 3.35. The lowest BCUT2D eigenvalue weighted by Gasteiger charge is -2.02. The standard InChI is InChI=1S/C19H16N2O2S2/c1-22-13-6-3-5-12(11-13)15-9-10-17(24-15)20-19-21-18-14(23-2)7-4-8-16(18)25-19/h3-11H,1-2H3,(H,20,21). The molecule has 4 rings (SSSR count). The number of benzene rings is 2. The van der Waals surface area contributed by atoms with Crippen molar-refractivity contribution < 1.29 is 9.47 Å². The van der Waals surface area contributed by atoms with Crippen molar-refractivity contribution in [3.05, 3.63) is 54.6 Å². The topological polar surface area (TPSA) is 43.4 Å². The minimum absolute atomic E-state index is 0.796. The monoisotopic (exact) mass is 368 g/mol. The Kier molecular flexibility index (Phi) is 4.29. The molecule has 0 saturated heterocycles. The van der Waals surface area contributed by atoms with Gasteiger partial charge in [0, 0.05) is 4.88 Å². The molecule has 0 spiro atoms. The average molecular weight is 368 g/mol. The molecule has 0 aliphatic carbocycles. The predicted octanol–water partition coefficient (Wildman–Crippen LogP) is 5.79. The van der Waals surface area contributed by atoms with Gasteiger partial charge < -0.3 is 14.8 Å². The van der Waals surface area contributed by atoms with Gasteiger partial charge >= 0.3 is 0 Å². The van der Waals surface area contributed by atoms with E-state index < -0.39 is 0 Å². The molecule has 0 radical (unpaired) electrons. The van der Waals surface area contributed by atoms with Crippen LogP contribution in [-0.2, 0) is 0 Å². The van der Waals surface area contributed by atoms with Crippen molar-refractivity contribution in [2.24, 2.45) is 0 Å². The van der Waals surface area contributed by atoms with Gasteiger partial charge in [0.2, 0.25) is 0 Å². The summed E-state index contributed by atoms with van der Waals surface area (Å²) in [5.41, 5.74) is 2.03. The van der Waals surface area contributed by atoms with Crippen LogP contribution in [0.1, 0.15) is 0 Å². The molecule has 0 aliphatic heterocycles. The van der Waals surface area contributed by atoms with E-state index in [1.807, 2.05) is 30.3 Å². The van der Waals surface area contributed by atoms with E-state index >= 15 is 0 Å². The van der Waals surface area contributed by atoms with E-state index in [9.17, 15) is 0 Å². The number of methoxy groups -OCH3 is 2. The summed E-state index contributed by atoms with van der Waals surface area (Å²) in [4.78, 5) is 5.84. The molecule has 0 bridgehead atoms. The summed E-state index contributed by atoms with van der Waals surface area (Å²) in [6.45, 7) is 0.